The SMILES string of the molecule is CC(=O)c1c(C)c(F)c(C)n(-c2ccc(F)cc2)c1=O. The lowest BCUT2D eigenvalue weighted by atomic mass is 10.1. The van der Waals surface area contributed by atoms with E-state index in [1.54, 1.807) is 0 Å². The van der Waals surface area contributed by atoms with E-state index in [1.807, 2.05) is 0 Å². The van der Waals surface area contributed by atoms with Crippen molar-refractivity contribution in [1.82, 2.24) is 4.57 Å². The molecule has 3 nitrogen and oxygen atoms in total. The van der Waals surface area contributed by atoms with E-state index in [2.05, 4.69) is 0 Å². The molecular formula is C15H13F2NO2. The van der Waals surface area contributed by atoms with Crippen molar-refractivity contribution in [3.05, 3.63) is 63.1 Å². The molecule has 5 heteroatoms. The number of hydrogen-bond acceptors (Lipinski definition) is 2. The second-order valence-electron chi connectivity index (χ2n) is 4.57. The van der Waals surface area contributed by atoms with Crippen LogP contribution >= 0.6 is 0 Å². The zero-order valence-electron chi connectivity index (χ0n) is 11.3. The van der Waals surface area contributed by atoms with E-state index >= 15 is 0 Å². The third kappa shape index (κ3) is 2.15. The lowest BCUT2D eigenvalue weighted by molar-refractivity contribution is 0.101. The minimum atomic E-state index is -0.612. The number of aromatic nitrogens is 1. The van der Waals surface area contributed by atoms with Crippen molar-refractivity contribution in [2.24, 2.45) is 0 Å². The minimum absolute atomic E-state index is 0.0401. The highest BCUT2D eigenvalue weighted by Gasteiger charge is 2.20. The molecule has 0 spiro atoms. The van der Waals surface area contributed by atoms with Crippen molar-refractivity contribution in [3.8, 4) is 5.69 Å². The summed E-state index contributed by atoms with van der Waals surface area (Å²) in [6.45, 7) is 4.06. The zero-order chi connectivity index (χ0) is 15.0. The van der Waals surface area contributed by atoms with Crippen molar-refractivity contribution < 1.29 is 13.6 Å². The van der Waals surface area contributed by atoms with Crippen LogP contribution in [0.1, 0.15) is 28.5 Å². The van der Waals surface area contributed by atoms with Crippen molar-refractivity contribution in [3.63, 3.8) is 0 Å². The van der Waals surface area contributed by atoms with Crippen molar-refractivity contribution >= 4 is 5.78 Å². The van der Waals surface area contributed by atoms with E-state index < -0.39 is 23.0 Å². The molecule has 0 aliphatic carbocycles. The molecular weight excluding hydrogens is 264 g/mol. The molecule has 0 saturated carbocycles. The molecule has 0 amide bonds. The van der Waals surface area contributed by atoms with Crippen LogP contribution < -0.4 is 5.56 Å². The van der Waals surface area contributed by atoms with E-state index in [0.29, 0.717) is 5.69 Å². The number of benzene rings is 1. The molecule has 0 radical (unpaired) electrons. The Morgan fingerprint density at radius 1 is 1.10 bits per heavy atom. The third-order valence-corrected chi connectivity index (χ3v) is 3.21. The van der Waals surface area contributed by atoms with Gasteiger partial charge in [0.2, 0.25) is 0 Å². The Bertz CT molecular complexity index is 746. The second-order valence-corrected chi connectivity index (χ2v) is 4.57. The molecule has 1 aromatic heterocycles. The molecule has 2 aromatic rings. The van der Waals surface area contributed by atoms with Crippen LogP contribution in [0.3, 0.4) is 0 Å². The predicted molar refractivity (Wildman–Crippen MR) is 71.4 cm³/mol. The van der Waals surface area contributed by atoms with Gasteiger partial charge in [0.05, 0.1) is 11.3 Å². The van der Waals surface area contributed by atoms with Gasteiger partial charge in [-0.2, -0.15) is 0 Å². The van der Waals surface area contributed by atoms with E-state index in [0.717, 1.165) is 4.57 Å². The average molecular weight is 277 g/mol. The van der Waals surface area contributed by atoms with Crippen molar-refractivity contribution in [1.29, 1.82) is 0 Å². The Morgan fingerprint density at radius 3 is 2.15 bits per heavy atom. The van der Waals surface area contributed by atoms with Crippen LogP contribution in [0, 0.1) is 25.5 Å². The van der Waals surface area contributed by atoms with Gasteiger partial charge >= 0.3 is 0 Å². The van der Waals surface area contributed by atoms with Crippen molar-refractivity contribution in [2.45, 2.75) is 20.8 Å². The van der Waals surface area contributed by atoms with E-state index in [4.69, 9.17) is 0 Å². The van der Waals surface area contributed by atoms with Gasteiger partial charge in [-0.05, 0) is 45.0 Å². The van der Waals surface area contributed by atoms with Crippen molar-refractivity contribution in [2.75, 3.05) is 0 Å². The summed E-state index contributed by atoms with van der Waals surface area (Å²) in [7, 11) is 0. The van der Waals surface area contributed by atoms with Gasteiger partial charge in [0.25, 0.3) is 5.56 Å². The first-order valence-corrected chi connectivity index (χ1v) is 6.03. The number of Topliss-reactive ketones (excluding diaryl/α,β-unsaturated/α-hetero) is 1. The maximum Gasteiger partial charge on any atom is 0.266 e. The average Bonchev–Trinajstić information content (AvgIpc) is 2.38. The molecule has 0 atom stereocenters. The Labute approximate surface area is 114 Å². The van der Waals surface area contributed by atoms with Crippen LogP contribution in [-0.2, 0) is 0 Å². The predicted octanol–water partition coefficient (Wildman–Crippen LogP) is 2.94. The molecule has 1 heterocycles. The van der Waals surface area contributed by atoms with Crippen LogP contribution in [0.15, 0.2) is 29.1 Å². The first kappa shape index (κ1) is 14.1. The summed E-state index contributed by atoms with van der Waals surface area (Å²) >= 11 is 0. The number of carbonyl (C=O) groups excluding carboxylic acids is 1. The highest BCUT2D eigenvalue weighted by atomic mass is 19.1. The summed E-state index contributed by atoms with van der Waals surface area (Å²) in [6.07, 6.45) is 0. The minimum Gasteiger partial charge on any atom is -0.294 e. The maximum absolute atomic E-state index is 14.2. The van der Waals surface area contributed by atoms with Gasteiger partial charge in [0.1, 0.15) is 11.6 Å². The molecule has 0 aliphatic rings. The van der Waals surface area contributed by atoms with Crippen LogP contribution in [0.25, 0.3) is 5.69 Å². The Hall–Kier alpha value is -2.30. The quantitative estimate of drug-likeness (QED) is 0.792. The lowest BCUT2D eigenvalue weighted by Crippen LogP contribution is -2.29. The van der Waals surface area contributed by atoms with E-state index in [-0.39, 0.29) is 16.8 Å². The highest BCUT2D eigenvalue weighted by molar-refractivity contribution is 5.95. The number of ketones is 1. The number of rotatable bonds is 2. The summed E-state index contributed by atoms with van der Waals surface area (Å²) in [5.74, 6) is -1.57. The normalized spacial score (nSPS) is 10.7. The molecule has 0 saturated heterocycles. The van der Waals surface area contributed by atoms with Crippen LogP contribution in [0.4, 0.5) is 8.78 Å². The lowest BCUT2D eigenvalue weighted by Gasteiger charge is -2.14. The number of carbonyl (C=O) groups is 1. The topological polar surface area (TPSA) is 39.1 Å². The summed E-state index contributed by atoms with van der Waals surface area (Å²) in [5, 5.41) is 0. The smallest absolute Gasteiger partial charge is 0.266 e. The van der Waals surface area contributed by atoms with Gasteiger partial charge in [-0.1, -0.05) is 0 Å². The van der Waals surface area contributed by atoms with Gasteiger partial charge in [-0.15, -0.1) is 0 Å². The molecule has 104 valence electrons. The molecule has 1 aromatic carbocycles. The number of halogens is 2. The Balaban J connectivity index is 2.86. The Kier molecular flexibility index (Phi) is 3.53. The summed E-state index contributed by atoms with van der Waals surface area (Å²) < 4.78 is 28.2. The van der Waals surface area contributed by atoms with Gasteiger partial charge < -0.3 is 0 Å². The first-order chi connectivity index (χ1) is 9.34. The summed E-state index contributed by atoms with van der Waals surface area (Å²) in [4.78, 5) is 23.9. The number of nitrogens with zero attached hydrogens (tertiary/aromatic N) is 1. The fourth-order valence-corrected chi connectivity index (χ4v) is 2.22. The van der Waals surface area contributed by atoms with E-state index in [1.165, 1.54) is 45.0 Å². The highest BCUT2D eigenvalue weighted by Crippen LogP contribution is 2.17. The van der Waals surface area contributed by atoms with Gasteiger partial charge in [-0.3, -0.25) is 14.2 Å². The molecule has 0 bridgehead atoms. The molecule has 0 unspecified atom stereocenters. The van der Waals surface area contributed by atoms with Gasteiger partial charge in [0, 0.05) is 11.3 Å². The second kappa shape index (κ2) is 5.00. The fraction of sp³-hybridized carbons (Fsp3) is 0.200. The standard InChI is InChI=1S/C15H13F2NO2/c1-8-13(10(3)19)15(20)18(9(2)14(8)17)12-6-4-11(16)5-7-12/h4-7H,1-3H3. The summed E-state index contributed by atoms with van der Waals surface area (Å²) in [6, 6.07) is 5.07. The molecule has 20 heavy (non-hydrogen) atoms. The van der Waals surface area contributed by atoms with Crippen LogP contribution in [-0.4, -0.2) is 10.4 Å². The van der Waals surface area contributed by atoms with Crippen LogP contribution in [0.2, 0.25) is 0 Å². The van der Waals surface area contributed by atoms with Crippen LogP contribution in [0.5, 0.6) is 0 Å². The fourth-order valence-electron chi connectivity index (χ4n) is 2.22. The molecule has 2 rings (SSSR count). The van der Waals surface area contributed by atoms with Gasteiger partial charge in [-0.25, -0.2) is 8.78 Å². The zero-order valence-corrected chi connectivity index (χ0v) is 11.3. The third-order valence-electron chi connectivity index (χ3n) is 3.21. The summed E-state index contributed by atoms with van der Waals surface area (Å²) in [5.41, 5.74) is -0.337. The molecule has 0 aliphatic heterocycles. The largest absolute Gasteiger partial charge is 0.294 e. The first-order valence-electron chi connectivity index (χ1n) is 6.03. The van der Waals surface area contributed by atoms with Gasteiger partial charge in [0.15, 0.2) is 5.78 Å². The molecule has 0 N–H and O–H groups in total. The monoisotopic (exact) mass is 277 g/mol. The Morgan fingerprint density at radius 2 is 1.65 bits per heavy atom. The number of pyridine rings is 1. The molecule has 0 fully saturated rings. The maximum atomic E-state index is 14.2. The number of hydrogen-bond donors (Lipinski definition) is 0. The van der Waals surface area contributed by atoms with E-state index in [9.17, 15) is 18.4 Å².